The summed E-state index contributed by atoms with van der Waals surface area (Å²) >= 11 is 0. The van der Waals surface area contributed by atoms with Gasteiger partial charge in [0, 0.05) is 44.1 Å². The summed E-state index contributed by atoms with van der Waals surface area (Å²) in [6.07, 6.45) is 0.598. The molecule has 0 radical (unpaired) electrons. The molecule has 1 aliphatic rings. The van der Waals surface area contributed by atoms with Gasteiger partial charge in [-0.3, -0.25) is 9.59 Å². The summed E-state index contributed by atoms with van der Waals surface area (Å²) in [7, 11) is 0. The highest BCUT2D eigenvalue weighted by Gasteiger charge is 2.21. The molecular formula is C17H25ClN2O2. The number of piperazine rings is 1. The van der Waals surface area contributed by atoms with Gasteiger partial charge < -0.3 is 10.2 Å². The normalized spacial score (nSPS) is 17.8. The lowest BCUT2D eigenvalue weighted by molar-refractivity contribution is -0.132. The number of benzene rings is 1. The van der Waals surface area contributed by atoms with Gasteiger partial charge in [0.15, 0.2) is 5.78 Å². The number of carbonyl (C=O) groups is 2. The van der Waals surface area contributed by atoms with Gasteiger partial charge in [-0.05, 0) is 32.4 Å². The Hall–Kier alpha value is -1.39. The predicted molar refractivity (Wildman–Crippen MR) is 90.8 cm³/mol. The summed E-state index contributed by atoms with van der Waals surface area (Å²) in [5.74, 6) is 0.148. The van der Waals surface area contributed by atoms with Crippen molar-refractivity contribution in [2.24, 2.45) is 0 Å². The minimum absolute atomic E-state index is 0. The lowest BCUT2D eigenvalue weighted by atomic mass is 9.99. The number of ketones is 1. The molecule has 1 saturated heterocycles. The Kier molecular flexibility index (Phi) is 7.04. The summed E-state index contributed by atoms with van der Waals surface area (Å²) in [5, 5.41) is 3.31. The van der Waals surface area contributed by atoms with E-state index in [1.54, 1.807) is 0 Å². The minimum Gasteiger partial charge on any atom is -0.340 e. The van der Waals surface area contributed by atoms with E-state index >= 15 is 0 Å². The maximum absolute atomic E-state index is 12.3. The van der Waals surface area contributed by atoms with Crippen LogP contribution in [0.25, 0.3) is 0 Å². The molecule has 1 unspecified atom stereocenters. The fraction of sp³-hybridized carbons (Fsp3) is 0.529. The predicted octanol–water partition coefficient (Wildman–Crippen LogP) is 2.51. The molecule has 5 heteroatoms. The van der Waals surface area contributed by atoms with Gasteiger partial charge in [0.2, 0.25) is 5.91 Å². The highest BCUT2D eigenvalue weighted by atomic mass is 35.5. The van der Waals surface area contributed by atoms with Gasteiger partial charge in [0.05, 0.1) is 0 Å². The molecule has 1 atom stereocenters. The number of amides is 1. The molecule has 0 spiro atoms. The van der Waals surface area contributed by atoms with Crippen molar-refractivity contribution in [3.63, 3.8) is 0 Å². The number of nitrogens with zero attached hydrogens (tertiary/aromatic N) is 1. The number of carbonyl (C=O) groups excluding carboxylic acids is 2. The average molecular weight is 325 g/mol. The second-order valence-electron chi connectivity index (χ2n) is 5.94. The molecular weight excluding hydrogens is 300 g/mol. The monoisotopic (exact) mass is 324 g/mol. The molecule has 0 saturated carbocycles. The first kappa shape index (κ1) is 18.7. The van der Waals surface area contributed by atoms with Crippen LogP contribution < -0.4 is 5.32 Å². The van der Waals surface area contributed by atoms with Crippen LogP contribution >= 0.6 is 12.4 Å². The van der Waals surface area contributed by atoms with E-state index in [0.29, 0.717) is 18.9 Å². The van der Waals surface area contributed by atoms with Gasteiger partial charge in [-0.1, -0.05) is 17.7 Å². The molecule has 1 N–H and O–H groups in total. The molecule has 1 aliphatic heterocycles. The summed E-state index contributed by atoms with van der Waals surface area (Å²) < 4.78 is 0. The summed E-state index contributed by atoms with van der Waals surface area (Å²) in [6.45, 7) is 8.28. The van der Waals surface area contributed by atoms with E-state index in [2.05, 4.69) is 12.2 Å². The smallest absolute Gasteiger partial charge is 0.223 e. The highest BCUT2D eigenvalue weighted by Crippen LogP contribution is 2.14. The van der Waals surface area contributed by atoms with Crippen molar-refractivity contribution in [2.75, 3.05) is 19.6 Å². The number of hydrogen-bond acceptors (Lipinski definition) is 3. The van der Waals surface area contributed by atoms with Crippen molar-refractivity contribution in [1.82, 2.24) is 10.2 Å². The molecule has 1 aromatic carbocycles. The molecule has 1 amide bonds. The quantitative estimate of drug-likeness (QED) is 0.866. The maximum atomic E-state index is 12.3. The second-order valence-corrected chi connectivity index (χ2v) is 5.94. The van der Waals surface area contributed by atoms with E-state index in [1.807, 2.05) is 36.9 Å². The van der Waals surface area contributed by atoms with Crippen molar-refractivity contribution in [3.05, 3.63) is 34.9 Å². The van der Waals surface area contributed by atoms with Crippen LogP contribution in [0.15, 0.2) is 18.2 Å². The molecule has 1 heterocycles. The van der Waals surface area contributed by atoms with Crippen molar-refractivity contribution >= 4 is 24.1 Å². The Bertz CT molecular complexity index is 545. The number of Topliss-reactive ketones (excluding diaryl/α,β-unsaturated/α-hetero) is 1. The number of halogens is 1. The lowest BCUT2D eigenvalue weighted by Gasteiger charge is -2.31. The van der Waals surface area contributed by atoms with Gasteiger partial charge in [-0.15, -0.1) is 12.4 Å². The third-order valence-electron chi connectivity index (χ3n) is 3.98. The Morgan fingerprint density at radius 1 is 1.27 bits per heavy atom. The molecule has 22 heavy (non-hydrogen) atoms. The first-order valence-corrected chi connectivity index (χ1v) is 7.59. The Balaban J connectivity index is 0.00000242. The Morgan fingerprint density at radius 3 is 2.68 bits per heavy atom. The van der Waals surface area contributed by atoms with Crippen molar-refractivity contribution < 1.29 is 9.59 Å². The molecule has 0 bridgehead atoms. The first-order valence-electron chi connectivity index (χ1n) is 7.59. The van der Waals surface area contributed by atoms with Crippen molar-refractivity contribution in [3.8, 4) is 0 Å². The lowest BCUT2D eigenvalue weighted by Crippen LogP contribution is -2.51. The fourth-order valence-electron chi connectivity index (χ4n) is 2.71. The van der Waals surface area contributed by atoms with Gasteiger partial charge in [-0.2, -0.15) is 0 Å². The number of nitrogens with one attached hydrogen (secondary N) is 1. The highest BCUT2D eigenvalue weighted by molar-refractivity contribution is 5.99. The van der Waals surface area contributed by atoms with E-state index in [0.717, 1.165) is 36.3 Å². The minimum atomic E-state index is 0. The fourth-order valence-corrected chi connectivity index (χ4v) is 2.71. The van der Waals surface area contributed by atoms with Gasteiger partial charge in [0.25, 0.3) is 0 Å². The van der Waals surface area contributed by atoms with Gasteiger partial charge in [0.1, 0.15) is 0 Å². The second kappa shape index (κ2) is 8.30. The van der Waals surface area contributed by atoms with Crippen LogP contribution in [0.1, 0.15) is 41.3 Å². The Morgan fingerprint density at radius 2 is 2.00 bits per heavy atom. The molecule has 0 aromatic heterocycles. The van der Waals surface area contributed by atoms with Gasteiger partial charge >= 0.3 is 0 Å². The van der Waals surface area contributed by atoms with Crippen LogP contribution in [0.5, 0.6) is 0 Å². The van der Waals surface area contributed by atoms with Crippen LogP contribution in [0.4, 0.5) is 0 Å². The van der Waals surface area contributed by atoms with Crippen molar-refractivity contribution in [1.29, 1.82) is 0 Å². The summed E-state index contributed by atoms with van der Waals surface area (Å²) in [6, 6.07) is 6.20. The zero-order chi connectivity index (χ0) is 15.4. The largest absolute Gasteiger partial charge is 0.340 e. The van der Waals surface area contributed by atoms with Crippen LogP contribution in [0.2, 0.25) is 0 Å². The van der Waals surface area contributed by atoms with E-state index in [1.165, 1.54) is 0 Å². The van der Waals surface area contributed by atoms with Crippen molar-refractivity contribution in [2.45, 2.75) is 39.7 Å². The van der Waals surface area contributed by atoms with E-state index < -0.39 is 0 Å². The average Bonchev–Trinajstić information content (AvgIpc) is 2.47. The number of hydrogen-bond donors (Lipinski definition) is 1. The summed E-state index contributed by atoms with van der Waals surface area (Å²) in [4.78, 5) is 26.3. The van der Waals surface area contributed by atoms with Crippen LogP contribution in [0.3, 0.4) is 0 Å². The SMILES string of the molecule is Cc1ccc(C)c(C(=O)CCC(=O)N2CCNC(C)C2)c1.Cl. The van der Waals surface area contributed by atoms with Crippen LogP contribution in [-0.4, -0.2) is 42.3 Å². The maximum Gasteiger partial charge on any atom is 0.223 e. The topological polar surface area (TPSA) is 49.4 Å². The molecule has 1 fully saturated rings. The first-order chi connectivity index (χ1) is 9.97. The molecule has 122 valence electrons. The van der Waals surface area contributed by atoms with E-state index in [4.69, 9.17) is 0 Å². The number of rotatable bonds is 4. The van der Waals surface area contributed by atoms with E-state index in [9.17, 15) is 9.59 Å². The van der Waals surface area contributed by atoms with Crippen LogP contribution in [0, 0.1) is 13.8 Å². The van der Waals surface area contributed by atoms with E-state index in [-0.39, 0.29) is 24.1 Å². The Labute approximate surface area is 138 Å². The molecule has 1 aromatic rings. The molecule has 2 rings (SSSR count). The standard InChI is InChI=1S/C17H24N2O2.ClH/c1-12-4-5-13(2)15(10-12)16(20)6-7-17(21)19-9-8-18-14(3)11-19;/h4-5,10,14,18H,6-9,11H2,1-3H3;1H. The van der Waals surface area contributed by atoms with Gasteiger partial charge in [-0.25, -0.2) is 0 Å². The molecule has 0 aliphatic carbocycles. The zero-order valence-electron chi connectivity index (χ0n) is 13.5. The zero-order valence-corrected chi connectivity index (χ0v) is 14.3. The third-order valence-corrected chi connectivity index (χ3v) is 3.98. The molecule has 4 nitrogen and oxygen atoms in total. The van der Waals surface area contributed by atoms with Crippen LogP contribution in [-0.2, 0) is 4.79 Å². The number of aryl methyl sites for hydroxylation is 2. The summed E-state index contributed by atoms with van der Waals surface area (Å²) in [5.41, 5.74) is 2.80. The third kappa shape index (κ3) is 4.82.